The van der Waals surface area contributed by atoms with Gasteiger partial charge in [-0.25, -0.2) is 14.6 Å². The van der Waals surface area contributed by atoms with E-state index in [9.17, 15) is 13.8 Å². The highest BCUT2D eigenvalue weighted by Crippen LogP contribution is 1.98. The second-order valence-electron chi connectivity index (χ2n) is 3.85. The predicted molar refractivity (Wildman–Crippen MR) is 69.2 cm³/mol. The maximum Gasteiger partial charge on any atom is 0.326 e. The Morgan fingerprint density at radius 2 is 2.32 bits per heavy atom. The number of aliphatic carboxylic acids is 1. The van der Waals surface area contributed by atoms with Gasteiger partial charge in [-0.3, -0.25) is 4.21 Å². The topological polar surface area (TPSA) is 124 Å². The number of carbonyl (C=O) groups is 2. The molecule has 0 aliphatic heterocycles. The van der Waals surface area contributed by atoms with Crippen LogP contribution in [0.3, 0.4) is 0 Å². The number of aromatic nitrogens is 2. The van der Waals surface area contributed by atoms with Crippen molar-refractivity contribution in [2.75, 3.05) is 18.6 Å². The summed E-state index contributed by atoms with van der Waals surface area (Å²) in [5, 5.41) is 13.8. The van der Waals surface area contributed by atoms with Crippen LogP contribution in [0.15, 0.2) is 12.5 Å². The first kappa shape index (κ1) is 15.2. The Morgan fingerprint density at radius 1 is 1.58 bits per heavy atom. The van der Waals surface area contributed by atoms with Crippen molar-refractivity contribution in [1.82, 2.24) is 20.6 Å². The van der Waals surface area contributed by atoms with Crippen molar-refractivity contribution in [3.63, 3.8) is 0 Å². The van der Waals surface area contributed by atoms with Crippen molar-refractivity contribution in [3.05, 3.63) is 18.2 Å². The molecule has 0 saturated carbocycles. The van der Waals surface area contributed by atoms with Gasteiger partial charge in [0, 0.05) is 47.7 Å². The van der Waals surface area contributed by atoms with E-state index in [-0.39, 0.29) is 13.0 Å². The normalized spacial score (nSPS) is 13.5. The fourth-order valence-electron chi connectivity index (χ4n) is 1.33. The number of carboxylic acids is 1. The summed E-state index contributed by atoms with van der Waals surface area (Å²) in [5.74, 6) is -0.810. The molecule has 19 heavy (non-hydrogen) atoms. The number of amides is 2. The average molecular weight is 288 g/mol. The molecule has 106 valence electrons. The Labute approximate surface area is 112 Å². The van der Waals surface area contributed by atoms with E-state index < -0.39 is 28.8 Å². The zero-order valence-electron chi connectivity index (χ0n) is 10.4. The van der Waals surface area contributed by atoms with Gasteiger partial charge in [0.1, 0.15) is 6.04 Å². The van der Waals surface area contributed by atoms with Crippen molar-refractivity contribution in [1.29, 1.82) is 0 Å². The number of hydrogen-bond acceptors (Lipinski definition) is 4. The van der Waals surface area contributed by atoms with Crippen molar-refractivity contribution < 1.29 is 18.9 Å². The highest BCUT2D eigenvalue weighted by atomic mass is 32.2. The molecule has 0 radical (unpaired) electrons. The zero-order valence-corrected chi connectivity index (χ0v) is 11.2. The molecule has 2 amide bonds. The molecule has 1 aromatic rings. The molecule has 8 nitrogen and oxygen atoms in total. The molecular weight excluding hydrogens is 272 g/mol. The van der Waals surface area contributed by atoms with Gasteiger partial charge < -0.3 is 20.7 Å². The predicted octanol–water partition coefficient (Wildman–Crippen LogP) is -0.917. The van der Waals surface area contributed by atoms with Gasteiger partial charge in [0.25, 0.3) is 0 Å². The SMILES string of the molecule is CS(=O)CCNC(=O)N[C@H](Cc1cnc[nH]1)C(=O)O. The third-order valence-corrected chi connectivity index (χ3v) is 3.04. The molecule has 1 rings (SSSR count). The van der Waals surface area contributed by atoms with Gasteiger partial charge in [-0.15, -0.1) is 0 Å². The minimum absolute atomic E-state index is 0.114. The maximum absolute atomic E-state index is 11.5. The highest BCUT2D eigenvalue weighted by Gasteiger charge is 2.20. The molecule has 1 aromatic heterocycles. The van der Waals surface area contributed by atoms with Crippen LogP contribution in [0.1, 0.15) is 5.69 Å². The van der Waals surface area contributed by atoms with Crippen LogP contribution in [0.2, 0.25) is 0 Å². The lowest BCUT2D eigenvalue weighted by Crippen LogP contribution is -2.47. The van der Waals surface area contributed by atoms with Crippen LogP contribution in [0.25, 0.3) is 0 Å². The second kappa shape index (κ2) is 7.52. The largest absolute Gasteiger partial charge is 0.480 e. The third-order valence-electron chi connectivity index (χ3n) is 2.26. The van der Waals surface area contributed by atoms with Gasteiger partial charge in [0.15, 0.2) is 0 Å². The zero-order chi connectivity index (χ0) is 14.3. The molecule has 2 atom stereocenters. The number of rotatable bonds is 7. The van der Waals surface area contributed by atoms with E-state index in [2.05, 4.69) is 20.6 Å². The highest BCUT2D eigenvalue weighted by molar-refractivity contribution is 7.84. The molecule has 0 bridgehead atoms. The van der Waals surface area contributed by atoms with Crippen LogP contribution in [-0.2, 0) is 22.0 Å². The van der Waals surface area contributed by atoms with Gasteiger partial charge in [0.05, 0.1) is 6.33 Å². The van der Waals surface area contributed by atoms with Crippen molar-refractivity contribution in [3.8, 4) is 0 Å². The Kier molecular flexibility index (Phi) is 6.00. The van der Waals surface area contributed by atoms with Gasteiger partial charge in [-0.1, -0.05) is 0 Å². The number of H-pyrrole nitrogens is 1. The summed E-state index contributed by atoms with van der Waals surface area (Å²) in [5.41, 5.74) is 0.613. The summed E-state index contributed by atoms with van der Waals surface area (Å²) in [6.45, 7) is 0.228. The molecular formula is C10H16N4O4S. The smallest absolute Gasteiger partial charge is 0.326 e. The first-order chi connectivity index (χ1) is 8.99. The molecule has 4 N–H and O–H groups in total. The van der Waals surface area contributed by atoms with Crippen molar-refractivity contribution >= 4 is 22.8 Å². The molecule has 0 fully saturated rings. The Morgan fingerprint density at radius 3 is 2.84 bits per heavy atom. The van der Waals surface area contributed by atoms with E-state index in [4.69, 9.17) is 5.11 Å². The number of carboxylic acid groups (broad SMARTS) is 1. The lowest BCUT2D eigenvalue weighted by molar-refractivity contribution is -0.139. The lowest BCUT2D eigenvalue weighted by Gasteiger charge is -2.14. The fraction of sp³-hybridized carbons (Fsp3) is 0.500. The van der Waals surface area contributed by atoms with E-state index in [1.54, 1.807) is 0 Å². The average Bonchev–Trinajstić information content (AvgIpc) is 2.80. The fourth-order valence-corrected chi connectivity index (χ4v) is 1.72. The van der Waals surface area contributed by atoms with Crippen LogP contribution >= 0.6 is 0 Å². The van der Waals surface area contributed by atoms with E-state index in [1.165, 1.54) is 18.8 Å². The van der Waals surface area contributed by atoms with Crippen LogP contribution in [-0.4, -0.2) is 55.9 Å². The number of nitrogens with zero attached hydrogens (tertiary/aromatic N) is 1. The quantitative estimate of drug-likeness (QED) is 0.516. The Hall–Kier alpha value is -1.90. The number of imidazole rings is 1. The monoisotopic (exact) mass is 288 g/mol. The van der Waals surface area contributed by atoms with Gasteiger partial charge in [-0.05, 0) is 0 Å². The summed E-state index contributed by atoms with van der Waals surface area (Å²) in [7, 11) is -1.00. The maximum atomic E-state index is 11.5. The molecule has 0 aliphatic carbocycles. The molecule has 0 aliphatic rings. The Bertz CT molecular complexity index is 448. The minimum atomic E-state index is -1.14. The van der Waals surface area contributed by atoms with E-state index in [1.807, 2.05) is 0 Å². The number of urea groups is 1. The summed E-state index contributed by atoms with van der Waals surface area (Å²) < 4.78 is 10.8. The van der Waals surface area contributed by atoms with E-state index in [0.29, 0.717) is 11.4 Å². The number of nitrogens with one attached hydrogen (secondary N) is 3. The van der Waals surface area contributed by atoms with Crippen LogP contribution < -0.4 is 10.6 Å². The first-order valence-corrected chi connectivity index (χ1v) is 7.26. The van der Waals surface area contributed by atoms with Crippen LogP contribution in [0.5, 0.6) is 0 Å². The molecule has 1 heterocycles. The summed E-state index contributed by atoms with van der Waals surface area (Å²) in [6.07, 6.45) is 4.57. The first-order valence-electron chi connectivity index (χ1n) is 5.53. The Balaban J connectivity index is 2.42. The summed E-state index contributed by atoms with van der Waals surface area (Å²) in [6, 6.07) is -1.65. The second-order valence-corrected chi connectivity index (χ2v) is 5.40. The summed E-state index contributed by atoms with van der Waals surface area (Å²) in [4.78, 5) is 29.0. The summed E-state index contributed by atoms with van der Waals surface area (Å²) >= 11 is 0. The molecule has 1 unspecified atom stereocenters. The molecule has 9 heteroatoms. The lowest BCUT2D eigenvalue weighted by atomic mass is 10.2. The number of carbonyl (C=O) groups excluding carboxylic acids is 1. The van der Waals surface area contributed by atoms with Gasteiger partial charge in [0.2, 0.25) is 0 Å². The van der Waals surface area contributed by atoms with Crippen LogP contribution in [0.4, 0.5) is 4.79 Å². The standard InChI is InChI=1S/C10H16N4O4S/c1-19(18)3-2-12-10(17)14-8(9(15)16)4-7-5-11-6-13-7/h5-6,8H,2-4H2,1H3,(H,11,13)(H,15,16)(H2,12,14,17)/t8-,19?/m1/s1. The number of aromatic amines is 1. The molecule has 0 saturated heterocycles. The third kappa shape index (κ3) is 6.00. The minimum Gasteiger partial charge on any atom is -0.480 e. The van der Waals surface area contributed by atoms with Gasteiger partial charge >= 0.3 is 12.0 Å². The van der Waals surface area contributed by atoms with Crippen molar-refractivity contribution in [2.24, 2.45) is 0 Å². The van der Waals surface area contributed by atoms with Gasteiger partial charge in [-0.2, -0.15) is 0 Å². The van der Waals surface area contributed by atoms with E-state index in [0.717, 1.165) is 0 Å². The number of hydrogen-bond donors (Lipinski definition) is 4. The van der Waals surface area contributed by atoms with Crippen LogP contribution in [0, 0.1) is 0 Å². The molecule has 0 spiro atoms. The molecule has 0 aromatic carbocycles. The van der Waals surface area contributed by atoms with Crippen molar-refractivity contribution in [2.45, 2.75) is 12.5 Å². The van der Waals surface area contributed by atoms with E-state index >= 15 is 0 Å².